The number of amides is 1. The summed E-state index contributed by atoms with van der Waals surface area (Å²) in [6, 6.07) is 20.0. The molecule has 0 aromatic heterocycles. The van der Waals surface area contributed by atoms with Crippen molar-refractivity contribution in [2.24, 2.45) is 9.98 Å². The van der Waals surface area contributed by atoms with Crippen molar-refractivity contribution in [3.63, 3.8) is 0 Å². The Morgan fingerprint density at radius 3 is 2.06 bits per heavy atom. The highest BCUT2D eigenvalue weighted by Crippen LogP contribution is 2.29. The topological polar surface area (TPSA) is 100 Å². The Morgan fingerprint density at radius 1 is 1.00 bits per heavy atom. The summed E-state index contributed by atoms with van der Waals surface area (Å²) in [5.74, 6) is 0.184. The third-order valence-electron chi connectivity index (χ3n) is 5.26. The summed E-state index contributed by atoms with van der Waals surface area (Å²) < 4.78 is 29.3. The van der Waals surface area contributed by atoms with Crippen molar-refractivity contribution in [2.45, 2.75) is 39.7 Å². The lowest BCUT2D eigenvalue weighted by Crippen LogP contribution is -2.36. The predicted octanol–water partition coefficient (Wildman–Crippen LogP) is 4.21. The molecule has 8 nitrogen and oxygen atoms in total. The summed E-state index contributed by atoms with van der Waals surface area (Å²) in [6.07, 6.45) is 2.46. The van der Waals surface area contributed by atoms with E-state index in [1.54, 1.807) is 0 Å². The Labute approximate surface area is 214 Å². The molecule has 2 rings (SSSR count). The lowest BCUT2D eigenvalue weighted by molar-refractivity contribution is -0.123. The van der Waals surface area contributed by atoms with Gasteiger partial charge in [0.1, 0.15) is 12.4 Å². The van der Waals surface area contributed by atoms with E-state index in [1.807, 2.05) is 72.3 Å². The monoisotopic (exact) mass is 512 g/mol. The van der Waals surface area contributed by atoms with Gasteiger partial charge in [0.15, 0.2) is 0 Å². The normalized spacial score (nSPS) is 12.8. The number of rotatable bonds is 13. The number of unbranched alkanes of at least 4 members (excludes halogenated alkanes) is 1. The van der Waals surface area contributed by atoms with Crippen LogP contribution in [0.5, 0.6) is 0 Å². The van der Waals surface area contributed by atoms with Crippen LogP contribution in [0.15, 0.2) is 70.6 Å². The number of nitrogens with zero attached hydrogens (tertiary/aromatic N) is 3. The molecule has 0 spiro atoms. The Kier molecular flexibility index (Phi) is 11.5. The number of nitrogens with one attached hydrogen (secondary N) is 1. The van der Waals surface area contributed by atoms with Gasteiger partial charge in [0.25, 0.3) is 5.91 Å². The maximum Gasteiger partial charge on any atom is 0.259 e. The van der Waals surface area contributed by atoms with Crippen LogP contribution in [0.4, 0.5) is 0 Å². The first-order valence-corrected chi connectivity index (χ1v) is 13.7. The Morgan fingerprint density at radius 2 is 1.56 bits per heavy atom. The maximum atomic E-state index is 11.5. The molecular formula is C27H36N4O4S. The van der Waals surface area contributed by atoms with E-state index < -0.39 is 15.9 Å². The lowest BCUT2D eigenvalue weighted by Gasteiger charge is -2.29. The van der Waals surface area contributed by atoms with Gasteiger partial charge < -0.3 is 9.64 Å². The third-order valence-corrected chi connectivity index (χ3v) is 5.86. The van der Waals surface area contributed by atoms with Crippen molar-refractivity contribution in [1.29, 1.82) is 0 Å². The fourth-order valence-corrected chi connectivity index (χ4v) is 4.13. The second kappa shape index (κ2) is 14.3. The lowest BCUT2D eigenvalue weighted by atomic mass is 10.1. The molecule has 0 fully saturated rings. The molecule has 36 heavy (non-hydrogen) atoms. The first kappa shape index (κ1) is 28.9. The van der Waals surface area contributed by atoms with E-state index in [2.05, 4.69) is 30.5 Å². The molecule has 0 radical (unpaired) electrons. The largest absolute Gasteiger partial charge is 0.372 e. The fourth-order valence-electron chi connectivity index (χ4n) is 3.66. The summed E-state index contributed by atoms with van der Waals surface area (Å²) in [7, 11) is -3.57. The van der Waals surface area contributed by atoms with Gasteiger partial charge in [-0.2, -0.15) is 0 Å². The van der Waals surface area contributed by atoms with Crippen molar-refractivity contribution in [2.75, 3.05) is 26.0 Å². The van der Waals surface area contributed by atoms with Crippen LogP contribution in [0.25, 0.3) is 11.4 Å². The first-order valence-electron chi connectivity index (χ1n) is 11.8. The van der Waals surface area contributed by atoms with Crippen LogP contribution in [-0.2, 0) is 19.6 Å². The SMILES string of the molecule is C=N/C(=C(\N=C(/C)N(CCCCOCC(=O)NS(C)(=O)=O)C(C)C)c1ccccc1)c1ccccc1. The number of hydrogen-bond donors (Lipinski definition) is 1. The molecule has 0 bridgehead atoms. The van der Waals surface area contributed by atoms with Crippen molar-refractivity contribution in [1.82, 2.24) is 9.62 Å². The minimum absolute atomic E-state index is 0.212. The van der Waals surface area contributed by atoms with Crippen LogP contribution in [0.2, 0.25) is 0 Å². The quantitative estimate of drug-likeness (QED) is 0.188. The fraction of sp³-hybridized carbons (Fsp3) is 0.370. The highest BCUT2D eigenvalue weighted by atomic mass is 32.2. The number of sulfonamides is 1. The zero-order valence-electron chi connectivity index (χ0n) is 21.5. The van der Waals surface area contributed by atoms with E-state index in [1.165, 1.54) is 0 Å². The number of aliphatic imine (C=N–C) groups is 2. The van der Waals surface area contributed by atoms with E-state index in [0.717, 1.165) is 41.9 Å². The Balaban J connectivity index is 2.14. The van der Waals surface area contributed by atoms with E-state index in [4.69, 9.17) is 9.73 Å². The molecule has 1 N–H and O–H groups in total. The second-order valence-corrected chi connectivity index (χ2v) is 10.3. The minimum Gasteiger partial charge on any atom is -0.372 e. The number of benzene rings is 2. The van der Waals surface area contributed by atoms with Crippen molar-refractivity contribution in [3.8, 4) is 0 Å². The number of hydrogen-bond acceptors (Lipinski definition) is 6. The maximum absolute atomic E-state index is 11.5. The van der Waals surface area contributed by atoms with Crippen LogP contribution in [-0.4, -0.2) is 63.8 Å². The van der Waals surface area contributed by atoms with Crippen molar-refractivity contribution in [3.05, 3.63) is 71.8 Å². The zero-order valence-corrected chi connectivity index (χ0v) is 22.3. The number of ether oxygens (including phenoxy) is 1. The van der Waals surface area contributed by atoms with Crippen LogP contribution in [0, 0.1) is 0 Å². The summed E-state index contributed by atoms with van der Waals surface area (Å²) in [4.78, 5) is 23.1. The van der Waals surface area contributed by atoms with Gasteiger partial charge in [-0.3, -0.25) is 14.5 Å². The van der Waals surface area contributed by atoms with Gasteiger partial charge in [-0.1, -0.05) is 60.7 Å². The van der Waals surface area contributed by atoms with E-state index in [0.29, 0.717) is 18.7 Å². The van der Waals surface area contributed by atoms with Crippen molar-refractivity contribution >= 4 is 39.9 Å². The second-order valence-electron chi connectivity index (χ2n) is 8.59. The van der Waals surface area contributed by atoms with Crippen LogP contribution in [0.3, 0.4) is 0 Å². The number of carbonyl (C=O) groups excluding carboxylic acids is 1. The number of amidine groups is 1. The highest BCUT2D eigenvalue weighted by Gasteiger charge is 2.15. The molecule has 0 unspecified atom stereocenters. The number of carbonyl (C=O) groups is 1. The molecule has 0 saturated carbocycles. The molecular weight excluding hydrogens is 476 g/mol. The Bertz CT molecular complexity index is 1160. The summed E-state index contributed by atoms with van der Waals surface area (Å²) in [5, 5.41) is 0. The average molecular weight is 513 g/mol. The zero-order chi connectivity index (χ0) is 26.6. The van der Waals surface area contributed by atoms with E-state index in [-0.39, 0.29) is 12.6 Å². The van der Waals surface area contributed by atoms with Crippen LogP contribution >= 0.6 is 0 Å². The smallest absolute Gasteiger partial charge is 0.259 e. The Hall–Kier alpha value is -3.30. The molecule has 0 aliphatic carbocycles. The predicted molar refractivity (Wildman–Crippen MR) is 147 cm³/mol. The minimum atomic E-state index is -3.57. The van der Waals surface area contributed by atoms with Gasteiger partial charge in [0, 0.05) is 30.3 Å². The van der Waals surface area contributed by atoms with Gasteiger partial charge >= 0.3 is 0 Å². The molecule has 0 aliphatic rings. The van der Waals surface area contributed by atoms with Gasteiger partial charge in [-0.05, 0) is 40.3 Å². The first-order chi connectivity index (χ1) is 17.1. The van der Waals surface area contributed by atoms with Gasteiger partial charge in [-0.15, -0.1) is 0 Å². The molecule has 0 heterocycles. The van der Waals surface area contributed by atoms with Gasteiger partial charge in [-0.25, -0.2) is 13.4 Å². The van der Waals surface area contributed by atoms with Crippen LogP contribution < -0.4 is 4.72 Å². The van der Waals surface area contributed by atoms with Crippen molar-refractivity contribution < 1.29 is 17.9 Å². The molecule has 0 atom stereocenters. The summed E-state index contributed by atoms with van der Waals surface area (Å²) in [5.41, 5.74) is 3.36. The molecule has 2 aromatic carbocycles. The average Bonchev–Trinajstić information content (AvgIpc) is 2.83. The molecule has 194 valence electrons. The highest BCUT2D eigenvalue weighted by molar-refractivity contribution is 7.89. The standard InChI is InChI=1S/C27H36N4O4S/c1-21(2)31(18-12-13-19-35-20-25(32)30-36(5,33)34)22(3)29-27(24-16-10-7-11-17-24)26(28-4)23-14-8-6-9-15-23/h6-11,14-17,21H,4,12-13,18-20H2,1-3,5H3,(H,30,32)/b27-26-,29-22+. The van der Waals surface area contributed by atoms with Gasteiger partial charge in [0.05, 0.1) is 17.6 Å². The third kappa shape index (κ3) is 9.75. The van der Waals surface area contributed by atoms with Crippen LogP contribution in [0.1, 0.15) is 44.7 Å². The molecule has 1 amide bonds. The summed E-state index contributed by atoms with van der Waals surface area (Å²) in [6.45, 7) is 10.8. The summed E-state index contributed by atoms with van der Waals surface area (Å²) >= 11 is 0. The molecule has 9 heteroatoms. The molecule has 0 aliphatic heterocycles. The van der Waals surface area contributed by atoms with Gasteiger partial charge in [0.2, 0.25) is 10.0 Å². The van der Waals surface area contributed by atoms with E-state index in [9.17, 15) is 13.2 Å². The van der Waals surface area contributed by atoms with E-state index >= 15 is 0 Å². The molecule has 2 aromatic rings. The molecule has 0 saturated heterocycles.